The molecule has 3 fully saturated rings. The molecule has 0 aromatic rings. The van der Waals surface area contributed by atoms with E-state index in [9.17, 15) is 35.7 Å². The van der Waals surface area contributed by atoms with Gasteiger partial charge in [0.05, 0.1) is 19.3 Å². The van der Waals surface area contributed by atoms with Gasteiger partial charge in [0.25, 0.3) is 0 Å². The third-order valence-electron chi connectivity index (χ3n) is 7.08. The third-order valence-corrected chi connectivity index (χ3v) is 7.08. The molecule has 0 radical (unpaired) electrons. The van der Waals surface area contributed by atoms with E-state index in [1.165, 1.54) is 0 Å². The van der Waals surface area contributed by atoms with Crippen molar-refractivity contribution in [2.24, 2.45) is 5.73 Å². The Kier molecular flexibility index (Phi) is 13.1. The predicted molar refractivity (Wildman–Crippen MR) is 127 cm³/mol. The standard InChI is InChI=1S/C23H43NO15/c1-10-7-11(39-32)15(28)22(34-10)38-20-14(27)12(8-25)35-23(18(20)31)37-19-13(9-26)36-21(17(30)16(19)29)33-6-4-2-3-5-24/h10-23,25-32H,2-9,24H2,1H3. The average Bonchev–Trinajstić information content (AvgIpc) is 2.92. The second-order valence-corrected chi connectivity index (χ2v) is 10.0. The van der Waals surface area contributed by atoms with Crippen molar-refractivity contribution < 1.29 is 74.3 Å². The Morgan fingerprint density at radius 3 is 2.00 bits per heavy atom. The highest BCUT2D eigenvalue weighted by molar-refractivity contribution is 4.95. The molecule has 3 aliphatic heterocycles. The first-order chi connectivity index (χ1) is 18.7. The molecule has 39 heavy (non-hydrogen) atoms. The van der Waals surface area contributed by atoms with E-state index in [2.05, 4.69) is 4.89 Å². The first-order valence-electron chi connectivity index (χ1n) is 13.2. The molecule has 3 heterocycles. The summed E-state index contributed by atoms with van der Waals surface area (Å²) in [5, 5.41) is 82.1. The van der Waals surface area contributed by atoms with E-state index in [1.54, 1.807) is 6.92 Å². The van der Waals surface area contributed by atoms with Crippen LogP contribution in [0.25, 0.3) is 0 Å². The molecule has 0 aromatic heterocycles. The van der Waals surface area contributed by atoms with Crippen LogP contribution in [0.15, 0.2) is 0 Å². The van der Waals surface area contributed by atoms with Crippen molar-refractivity contribution in [2.45, 2.75) is 119 Å². The molecule has 3 aliphatic rings. The Morgan fingerprint density at radius 2 is 1.36 bits per heavy atom. The Morgan fingerprint density at radius 1 is 0.718 bits per heavy atom. The maximum atomic E-state index is 11.0. The number of hydrogen-bond acceptors (Lipinski definition) is 16. The summed E-state index contributed by atoms with van der Waals surface area (Å²) in [5.41, 5.74) is 5.46. The van der Waals surface area contributed by atoms with Crippen molar-refractivity contribution in [2.75, 3.05) is 26.4 Å². The quantitative estimate of drug-likeness (QED) is 0.0580. The van der Waals surface area contributed by atoms with Crippen LogP contribution < -0.4 is 5.73 Å². The van der Waals surface area contributed by atoms with Crippen molar-refractivity contribution in [3.63, 3.8) is 0 Å². The van der Waals surface area contributed by atoms with Crippen LogP contribution in [0.2, 0.25) is 0 Å². The van der Waals surface area contributed by atoms with Crippen LogP contribution in [0.1, 0.15) is 32.6 Å². The van der Waals surface area contributed by atoms with Gasteiger partial charge in [-0.25, -0.2) is 4.89 Å². The van der Waals surface area contributed by atoms with Crippen LogP contribution in [0, 0.1) is 0 Å². The lowest BCUT2D eigenvalue weighted by molar-refractivity contribution is -0.387. The number of unbranched alkanes of at least 4 members (excludes halogenated alkanes) is 2. The smallest absolute Gasteiger partial charge is 0.187 e. The summed E-state index contributed by atoms with van der Waals surface area (Å²) in [6.45, 7) is 1.01. The molecule has 16 nitrogen and oxygen atoms in total. The molecule has 0 aromatic carbocycles. The van der Waals surface area contributed by atoms with Gasteiger partial charge in [-0.3, -0.25) is 5.26 Å². The third kappa shape index (κ3) is 8.01. The van der Waals surface area contributed by atoms with E-state index in [-0.39, 0.29) is 13.0 Å². The number of nitrogens with two attached hydrogens (primary N) is 1. The highest BCUT2D eigenvalue weighted by atomic mass is 17.1. The average molecular weight is 574 g/mol. The molecular weight excluding hydrogens is 530 g/mol. The van der Waals surface area contributed by atoms with Crippen LogP contribution in [0.5, 0.6) is 0 Å². The maximum absolute atomic E-state index is 11.0. The summed E-state index contributed by atoms with van der Waals surface area (Å²) < 4.78 is 33.5. The van der Waals surface area contributed by atoms with Gasteiger partial charge in [0.1, 0.15) is 61.0 Å². The van der Waals surface area contributed by atoms with Crippen LogP contribution >= 0.6 is 0 Å². The number of ether oxygens (including phenoxy) is 6. The summed E-state index contributed by atoms with van der Waals surface area (Å²) in [6.07, 6.45) is -17.2. The Hall–Kier alpha value is -0.640. The zero-order valence-corrected chi connectivity index (χ0v) is 21.8. The van der Waals surface area contributed by atoms with Crippen molar-refractivity contribution in [3.8, 4) is 0 Å². The Balaban J connectivity index is 1.69. The SMILES string of the molecule is CC1CC(OO)C(O)C(OC2C(O)C(CO)OC(OC3C(CO)OC(OCCCCCN)C(O)C3O)C2O)O1. The first kappa shape index (κ1) is 32.9. The molecule has 0 spiro atoms. The molecule has 16 heteroatoms. The van der Waals surface area contributed by atoms with Gasteiger partial charge in [-0.1, -0.05) is 0 Å². The largest absolute Gasteiger partial charge is 0.394 e. The topological polar surface area (TPSA) is 252 Å². The highest BCUT2D eigenvalue weighted by Crippen LogP contribution is 2.32. The van der Waals surface area contributed by atoms with E-state index < -0.39 is 99.2 Å². The minimum Gasteiger partial charge on any atom is -0.394 e. The minimum atomic E-state index is -1.77. The van der Waals surface area contributed by atoms with Crippen molar-refractivity contribution in [1.82, 2.24) is 0 Å². The van der Waals surface area contributed by atoms with E-state index in [1.807, 2.05) is 0 Å². The van der Waals surface area contributed by atoms with Crippen LogP contribution in [-0.2, 0) is 33.3 Å². The number of aliphatic hydroxyl groups is 7. The van der Waals surface area contributed by atoms with Crippen molar-refractivity contribution in [1.29, 1.82) is 0 Å². The molecule has 0 saturated carbocycles. The lowest BCUT2D eigenvalue weighted by Gasteiger charge is -2.47. The maximum Gasteiger partial charge on any atom is 0.187 e. The summed E-state index contributed by atoms with van der Waals surface area (Å²) in [7, 11) is 0. The first-order valence-corrected chi connectivity index (χ1v) is 13.2. The van der Waals surface area contributed by atoms with Gasteiger partial charge in [-0.2, -0.15) is 0 Å². The molecular formula is C23H43NO15. The molecule has 0 aliphatic carbocycles. The van der Waals surface area contributed by atoms with Crippen LogP contribution in [-0.4, -0.2) is 153 Å². The Bertz CT molecular complexity index is 706. The summed E-state index contributed by atoms with van der Waals surface area (Å²) in [4.78, 5) is 4.28. The highest BCUT2D eigenvalue weighted by Gasteiger charge is 2.53. The predicted octanol–water partition coefficient (Wildman–Crippen LogP) is -3.87. The van der Waals surface area contributed by atoms with Gasteiger partial charge in [0, 0.05) is 13.0 Å². The second kappa shape index (κ2) is 15.5. The molecule has 0 bridgehead atoms. The van der Waals surface area contributed by atoms with Gasteiger partial charge in [0.2, 0.25) is 0 Å². The van der Waals surface area contributed by atoms with Crippen LogP contribution in [0.4, 0.5) is 0 Å². The lowest BCUT2D eigenvalue weighted by atomic mass is 9.96. The molecule has 230 valence electrons. The van der Waals surface area contributed by atoms with Crippen molar-refractivity contribution in [3.05, 3.63) is 0 Å². The summed E-state index contributed by atoms with van der Waals surface area (Å²) in [6, 6.07) is 0. The van der Waals surface area contributed by atoms with Gasteiger partial charge in [0.15, 0.2) is 18.9 Å². The van der Waals surface area contributed by atoms with Gasteiger partial charge < -0.3 is 69.9 Å². The van der Waals surface area contributed by atoms with E-state index in [0.29, 0.717) is 13.0 Å². The molecule has 3 rings (SSSR count). The molecule has 0 amide bonds. The monoisotopic (exact) mass is 573 g/mol. The fourth-order valence-electron chi connectivity index (χ4n) is 4.84. The fraction of sp³-hybridized carbons (Fsp3) is 1.00. The zero-order chi connectivity index (χ0) is 28.7. The molecule has 14 unspecified atom stereocenters. The second-order valence-electron chi connectivity index (χ2n) is 10.0. The zero-order valence-electron chi connectivity index (χ0n) is 21.8. The van der Waals surface area contributed by atoms with Gasteiger partial charge >= 0.3 is 0 Å². The van der Waals surface area contributed by atoms with E-state index in [4.69, 9.17) is 39.4 Å². The summed E-state index contributed by atoms with van der Waals surface area (Å²) in [5.74, 6) is 0. The van der Waals surface area contributed by atoms with Gasteiger partial charge in [-0.05, 0) is 32.7 Å². The fourth-order valence-corrected chi connectivity index (χ4v) is 4.84. The Labute approximate surface area is 225 Å². The number of rotatable bonds is 13. The normalized spacial score (nSPS) is 45.4. The van der Waals surface area contributed by atoms with Gasteiger partial charge in [-0.15, -0.1) is 0 Å². The molecule has 3 saturated heterocycles. The van der Waals surface area contributed by atoms with E-state index >= 15 is 0 Å². The van der Waals surface area contributed by atoms with E-state index in [0.717, 1.165) is 12.8 Å². The summed E-state index contributed by atoms with van der Waals surface area (Å²) >= 11 is 0. The number of hydrogen-bond donors (Lipinski definition) is 9. The van der Waals surface area contributed by atoms with Crippen LogP contribution in [0.3, 0.4) is 0 Å². The molecule has 10 N–H and O–H groups in total. The van der Waals surface area contributed by atoms with Crippen molar-refractivity contribution >= 4 is 0 Å². The number of aliphatic hydroxyl groups excluding tert-OH is 7. The minimum absolute atomic E-state index is 0.143. The molecule has 14 atom stereocenters. The lowest BCUT2D eigenvalue weighted by Crippen LogP contribution is -2.66.